The van der Waals surface area contributed by atoms with Gasteiger partial charge >= 0.3 is 5.97 Å². The third-order valence-electron chi connectivity index (χ3n) is 4.39. The number of aromatic nitrogens is 2. The summed E-state index contributed by atoms with van der Waals surface area (Å²) >= 11 is 0. The van der Waals surface area contributed by atoms with E-state index in [9.17, 15) is 18.3 Å². The molecule has 0 aliphatic carbocycles. The Morgan fingerprint density at radius 1 is 1.33 bits per heavy atom. The van der Waals surface area contributed by atoms with Gasteiger partial charge in [-0.05, 0) is 18.9 Å². The zero-order valence-electron chi connectivity index (χ0n) is 13.3. The van der Waals surface area contributed by atoms with Crippen molar-refractivity contribution in [2.24, 2.45) is 5.41 Å². The maximum atomic E-state index is 12.7. The van der Waals surface area contributed by atoms with Crippen LogP contribution in [0, 0.1) is 5.41 Å². The lowest BCUT2D eigenvalue weighted by Crippen LogP contribution is -2.34. The quantitative estimate of drug-likeness (QED) is 0.881. The van der Waals surface area contributed by atoms with Crippen LogP contribution in [-0.2, 0) is 21.4 Å². The lowest BCUT2D eigenvalue weighted by Gasteiger charge is -2.19. The number of hydrogen-bond acceptors (Lipinski definition) is 4. The molecule has 2 heterocycles. The van der Waals surface area contributed by atoms with Crippen LogP contribution in [-0.4, -0.2) is 46.7 Å². The summed E-state index contributed by atoms with van der Waals surface area (Å²) in [5, 5.41) is 13.4. The van der Waals surface area contributed by atoms with Crippen LogP contribution in [0.15, 0.2) is 47.6 Å². The Balaban J connectivity index is 1.78. The smallest absolute Gasteiger partial charge is 0.310 e. The van der Waals surface area contributed by atoms with E-state index in [0.717, 1.165) is 5.56 Å². The molecule has 1 aliphatic heterocycles. The standard InChI is InChI=1S/C16H19N3O4S/c1-16(15(20)21)7-8-19(12-16)24(22,23)14-9-17-18(11-14)10-13-5-3-2-4-6-13/h2-6,9,11H,7-8,10,12H2,1H3,(H,20,21). The zero-order valence-corrected chi connectivity index (χ0v) is 14.1. The highest BCUT2D eigenvalue weighted by atomic mass is 32.2. The van der Waals surface area contributed by atoms with Crippen molar-refractivity contribution in [3.8, 4) is 0 Å². The van der Waals surface area contributed by atoms with Gasteiger partial charge in [-0.25, -0.2) is 8.42 Å². The van der Waals surface area contributed by atoms with Gasteiger partial charge < -0.3 is 5.11 Å². The lowest BCUT2D eigenvalue weighted by atomic mass is 9.90. The minimum absolute atomic E-state index is 0.0193. The second-order valence-electron chi connectivity index (χ2n) is 6.31. The van der Waals surface area contributed by atoms with Crippen LogP contribution in [0.2, 0.25) is 0 Å². The highest BCUT2D eigenvalue weighted by Gasteiger charge is 2.45. The molecule has 8 heteroatoms. The van der Waals surface area contributed by atoms with Gasteiger partial charge in [-0.3, -0.25) is 9.48 Å². The van der Waals surface area contributed by atoms with Crippen LogP contribution < -0.4 is 0 Å². The molecule has 0 saturated carbocycles. The molecule has 1 atom stereocenters. The summed E-state index contributed by atoms with van der Waals surface area (Å²) in [6.07, 6.45) is 3.10. The van der Waals surface area contributed by atoms with Gasteiger partial charge in [-0.1, -0.05) is 30.3 Å². The maximum Gasteiger partial charge on any atom is 0.310 e. The van der Waals surface area contributed by atoms with Crippen molar-refractivity contribution in [2.45, 2.75) is 24.8 Å². The number of carboxylic acids is 1. The minimum atomic E-state index is -3.73. The summed E-state index contributed by atoms with van der Waals surface area (Å²) in [5.74, 6) is -0.972. The van der Waals surface area contributed by atoms with Crippen LogP contribution in [0.25, 0.3) is 0 Å². The van der Waals surface area contributed by atoms with E-state index in [2.05, 4.69) is 5.10 Å². The number of carbonyl (C=O) groups is 1. The molecule has 1 fully saturated rings. The molecule has 128 valence electrons. The molecule has 0 bridgehead atoms. The molecule has 1 N–H and O–H groups in total. The van der Waals surface area contributed by atoms with E-state index in [1.165, 1.54) is 16.7 Å². The van der Waals surface area contributed by atoms with Gasteiger partial charge in [0, 0.05) is 19.3 Å². The van der Waals surface area contributed by atoms with Crippen molar-refractivity contribution in [2.75, 3.05) is 13.1 Å². The average molecular weight is 349 g/mol. The van der Waals surface area contributed by atoms with Crippen LogP contribution in [0.1, 0.15) is 18.9 Å². The highest BCUT2D eigenvalue weighted by Crippen LogP contribution is 2.33. The molecule has 3 rings (SSSR count). The summed E-state index contributed by atoms with van der Waals surface area (Å²) in [7, 11) is -3.73. The van der Waals surface area contributed by atoms with Gasteiger partial charge in [0.05, 0.1) is 18.2 Å². The first kappa shape index (κ1) is 16.7. The van der Waals surface area contributed by atoms with Crippen LogP contribution in [0.3, 0.4) is 0 Å². The van der Waals surface area contributed by atoms with Crippen LogP contribution in [0.5, 0.6) is 0 Å². The number of aliphatic carboxylic acids is 1. The first-order chi connectivity index (χ1) is 11.3. The van der Waals surface area contributed by atoms with Crippen molar-refractivity contribution in [1.29, 1.82) is 0 Å². The summed E-state index contributed by atoms with van der Waals surface area (Å²) < 4.78 is 28.2. The normalized spacial score (nSPS) is 21.9. The number of benzene rings is 1. The van der Waals surface area contributed by atoms with Crippen molar-refractivity contribution in [3.63, 3.8) is 0 Å². The SMILES string of the molecule is CC1(C(=O)O)CCN(S(=O)(=O)c2cnn(Cc3ccccc3)c2)C1. The molecule has 1 aromatic carbocycles. The number of rotatable bonds is 5. The number of hydrogen-bond donors (Lipinski definition) is 1. The molecule has 7 nitrogen and oxygen atoms in total. The van der Waals surface area contributed by atoms with Gasteiger partial charge in [-0.15, -0.1) is 0 Å². The van der Waals surface area contributed by atoms with Crippen molar-refractivity contribution < 1.29 is 18.3 Å². The highest BCUT2D eigenvalue weighted by molar-refractivity contribution is 7.89. The topological polar surface area (TPSA) is 92.5 Å². The zero-order chi connectivity index (χ0) is 17.4. The molecule has 1 aliphatic rings. The van der Waals surface area contributed by atoms with Gasteiger partial charge in [0.1, 0.15) is 4.90 Å². The molecule has 0 radical (unpaired) electrons. The molecule has 24 heavy (non-hydrogen) atoms. The first-order valence-electron chi connectivity index (χ1n) is 7.61. The predicted octanol–water partition coefficient (Wildman–Crippen LogP) is 1.42. The molecule has 1 unspecified atom stereocenters. The van der Waals surface area contributed by atoms with E-state index >= 15 is 0 Å². The van der Waals surface area contributed by atoms with E-state index in [1.54, 1.807) is 11.6 Å². The second kappa shape index (κ2) is 6.03. The molecular weight excluding hydrogens is 330 g/mol. The Bertz CT molecular complexity index is 847. The Labute approximate surface area is 140 Å². The van der Waals surface area contributed by atoms with E-state index in [4.69, 9.17) is 0 Å². The minimum Gasteiger partial charge on any atom is -0.481 e. The Hall–Kier alpha value is -2.19. The van der Waals surface area contributed by atoms with Crippen molar-refractivity contribution in [1.82, 2.24) is 14.1 Å². The molecule has 0 amide bonds. The summed E-state index contributed by atoms with van der Waals surface area (Å²) in [4.78, 5) is 11.4. The monoisotopic (exact) mass is 349 g/mol. The molecular formula is C16H19N3O4S. The number of sulfonamides is 1. The third kappa shape index (κ3) is 3.07. The fourth-order valence-electron chi connectivity index (χ4n) is 2.78. The Kier molecular flexibility index (Phi) is 4.18. The number of carboxylic acid groups (broad SMARTS) is 1. The van der Waals surface area contributed by atoms with Gasteiger partial charge in [-0.2, -0.15) is 9.40 Å². The predicted molar refractivity (Wildman–Crippen MR) is 86.9 cm³/mol. The Morgan fingerprint density at radius 2 is 2.04 bits per heavy atom. The molecule has 0 spiro atoms. The van der Waals surface area contributed by atoms with E-state index in [1.807, 2.05) is 30.3 Å². The maximum absolute atomic E-state index is 12.7. The van der Waals surface area contributed by atoms with Crippen LogP contribution in [0.4, 0.5) is 0 Å². The van der Waals surface area contributed by atoms with Gasteiger partial charge in [0.2, 0.25) is 10.0 Å². The molecule has 1 saturated heterocycles. The van der Waals surface area contributed by atoms with Crippen molar-refractivity contribution >= 4 is 16.0 Å². The first-order valence-corrected chi connectivity index (χ1v) is 9.05. The summed E-state index contributed by atoms with van der Waals surface area (Å²) in [6, 6.07) is 9.61. The fourth-order valence-corrected chi connectivity index (χ4v) is 4.30. The van der Waals surface area contributed by atoms with Gasteiger partial charge in [0.25, 0.3) is 0 Å². The summed E-state index contributed by atoms with van der Waals surface area (Å²) in [5.41, 5.74) is -0.0169. The molecule has 1 aromatic heterocycles. The van der Waals surface area contributed by atoms with E-state index in [0.29, 0.717) is 13.0 Å². The summed E-state index contributed by atoms with van der Waals surface area (Å²) in [6.45, 7) is 2.23. The third-order valence-corrected chi connectivity index (χ3v) is 6.19. The Morgan fingerprint density at radius 3 is 2.67 bits per heavy atom. The van der Waals surface area contributed by atoms with Crippen LogP contribution >= 0.6 is 0 Å². The molecule has 2 aromatic rings. The van der Waals surface area contributed by atoms with E-state index in [-0.39, 0.29) is 18.0 Å². The fraction of sp³-hybridized carbons (Fsp3) is 0.375. The average Bonchev–Trinajstić information content (AvgIpc) is 3.17. The largest absolute Gasteiger partial charge is 0.481 e. The second-order valence-corrected chi connectivity index (χ2v) is 8.25. The van der Waals surface area contributed by atoms with E-state index < -0.39 is 21.4 Å². The lowest BCUT2D eigenvalue weighted by molar-refractivity contribution is -0.146. The van der Waals surface area contributed by atoms with Gasteiger partial charge in [0.15, 0.2) is 0 Å². The number of nitrogens with zero attached hydrogens (tertiary/aromatic N) is 3. The van der Waals surface area contributed by atoms with Crippen molar-refractivity contribution in [3.05, 3.63) is 48.3 Å².